The van der Waals surface area contributed by atoms with Crippen LogP contribution >= 0.6 is 23.4 Å². The zero-order valence-electron chi connectivity index (χ0n) is 12.5. The fourth-order valence-corrected chi connectivity index (χ4v) is 2.87. The number of nitrogens with zero attached hydrogens (tertiary/aromatic N) is 2. The standard InChI is InChI=1S/C16H14ClN3O3S/c17-15-4-2-1-3-13(15)10-24-11-16(21)19-18-9-12-5-7-14(8-6-12)20(22)23/h1-9H,10-11H2,(H,19,21)/b18-9-. The highest BCUT2D eigenvalue weighted by Crippen LogP contribution is 2.20. The van der Waals surface area contributed by atoms with Crippen LogP contribution in [0.1, 0.15) is 11.1 Å². The van der Waals surface area contributed by atoms with Gasteiger partial charge in [-0.15, -0.1) is 11.8 Å². The molecule has 0 spiro atoms. The molecule has 8 heteroatoms. The van der Waals surface area contributed by atoms with Gasteiger partial charge in [0.05, 0.1) is 16.9 Å². The van der Waals surface area contributed by atoms with E-state index in [1.165, 1.54) is 30.1 Å². The Balaban J connectivity index is 1.74. The molecule has 24 heavy (non-hydrogen) atoms. The number of rotatable bonds is 7. The highest BCUT2D eigenvalue weighted by Gasteiger charge is 2.04. The van der Waals surface area contributed by atoms with Crippen LogP contribution in [0.3, 0.4) is 0 Å². The Morgan fingerprint density at radius 2 is 1.96 bits per heavy atom. The molecule has 6 nitrogen and oxygen atoms in total. The molecule has 1 amide bonds. The molecule has 1 N–H and O–H groups in total. The Bertz CT molecular complexity index is 750. The number of hydrazone groups is 1. The number of non-ortho nitro benzene ring substituents is 1. The molecule has 0 aromatic heterocycles. The van der Waals surface area contributed by atoms with Crippen molar-refractivity contribution >= 4 is 41.2 Å². The normalized spacial score (nSPS) is 10.7. The van der Waals surface area contributed by atoms with Gasteiger partial charge in [-0.1, -0.05) is 29.8 Å². The van der Waals surface area contributed by atoms with Crippen molar-refractivity contribution in [1.82, 2.24) is 5.43 Å². The van der Waals surface area contributed by atoms with Crippen molar-refractivity contribution in [2.75, 3.05) is 5.75 Å². The molecule has 2 aromatic carbocycles. The maximum absolute atomic E-state index is 11.7. The molecule has 0 unspecified atom stereocenters. The molecule has 2 aromatic rings. The summed E-state index contributed by atoms with van der Waals surface area (Å²) in [5.41, 5.74) is 4.05. The third kappa shape index (κ3) is 5.68. The van der Waals surface area contributed by atoms with Gasteiger partial charge in [0.2, 0.25) is 5.91 Å². The molecule has 0 fully saturated rings. The highest BCUT2D eigenvalue weighted by molar-refractivity contribution is 7.99. The van der Waals surface area contributed by atoms with Crippen molar-refractivity contribution in [3.8, 4) is 0 Å². The monoisotopic (exact) mass is 363 g/mol. The minimum Gasteiger partial charge on any atom is -0.272 e. The van der Waals surface area contributed by atoms with Crippen LogP contribution in [-0.2, 0) is 10.5 Å². The number of carbonyl (C=O) groups is 1. The lowest BCUT2D eigenvalue weighted by atomic mass is 10.2. The van der Waals surface area contributed by atoms with E-state index in [1.807, 2.05) is 24.3 Å². The van der Waals surface area contributed by atoms with E-state index in [1.54, 1.807) is 12.1 Å². The van der Waals surface area contributed by atoms with Crippen LogP contribution in [0.5, 0.6) is 0 Å². The van der Waals surface area contributed by atoms with E-state index in [9.17, 15) is 14.9 Å². The zero-order chi connectivity index (χ0) is 17.4. The first kappa shape index (κ1) is 18.0. The van der Waals surface area contributed by atoms with Gasteiger partial charge in [-0.25, -0.2) is 5.43 Å². The fraction of sp³-hybridized carbons (Fsp3) is 0.125. The van der Waals surface area contributed by atoms with Gasteiger partial charge < -0.3 is 0 Å². The molecule has 0 radical (unpaired) electrons. The lowest BCUT2D eigenvalue weighted by Crippen LogP contribution is -2.19. The van der Waals surface area contributed by atoms with Gasteiger partial charge in [0.15, 0.2) is 0 Å². The number of thioether (sulfide) groups is 1. The molecule has 2 rings (SSSR count). The van der Waals surface area contributed by atoms with Crippen molar-refractivity contribution in [2.45, 2.75) is 5.75 Å². The topological polar surface area (TPSA) is 84.6 Å². The van der Waals surface area contributed by atoms with Crippen molar-refractivity contribution in [3.05, 3.63) is 74.8 Å². The first-order valence-corrected chi connectivity index (χ1v) is 8.47. The molecule has 0 aliphatic heterocycles. The molecule has 0 aliphatic carbocycles. The number of benzene rings is 2. The maximum atomic E-state index is 11.7. The second kappa shape index (κ2) is 9.05. The lowest BCUT2D eigenvalue weighted by Gasteiger charge is -2.03. The summed E-state index contributed by atoms with van der Waals surface area (Å²) in [6, 6.07) is 13.4. The number of amides is 1. The molecule has 0 atom stereocenters. The lowest BCUT2D eigenvalue weighted by molar-refractivity contribution is -0.384. The Kier molecular flexibility index (Phi) is 6.77. The molecule has 0 aliphatic rings. The minimum absolute atomic E-state index is 0.00663. The van der Waals surface area contributed by atoms with Gasteiger partial charge in [-0.05, 0) is 29.3 Å². The number of nitro groups is 1. The second-order valence-corrected chi connectivity index (χ2v) is 6.12. The predicted molar refractivity (Wildman–Crippen MR) is 96.4 cm³/mol. The Hall–Kier alpha value is -2.38. The summed E-state index contributed by atoms with van der Waals surface area (Å²) in [6.07, 6.45) is 1.43. The second-order valence-electron chi connectivity index (χ2n) is 4.73. The summed E-state index contributed by atoms with van der Waals surface area (Å²) in [5, 5.41) is 15.1. The molecule has 124 valence electrons. The largest absolute Gasteiger partial charge is 0.272 e. The minimum atomic E-state index is -0.473. The molecule has 0 bridgehead atoms. The van der Waals surface area contributed by atoms with Crippen LogP contribution in [0.2, 0.25) is 5.02 Å². The molecule has 0 saturated carbocycles. The van der Waals surface area contributed by atoms with E-state index in [2.05, 4.69) is 10.5 Å². The quantitative estimate of drug-likeness (QED) is 0.462. The number of hydrogen-bond acceptors (Lipinski definition) is 5. The van der Waals surface area contributed by atoms with Crippen LogP contribution in [-0.4, -0.2) is 22.8 Å². The van der Waals surface area contributed by atoms with E-state index < -0.39 is 4.92 Å². The third-order valence-corrected chi connectivity index (χ3v) is 4.31. The van der Waals surface area contributed by atoms with Crippen LogP contribution in [0.25, 0.3) is 0 Å². The van der Waals surface area contributed by atoms with Gasteiger partial charge >= 0.3 is 0 Å². The van der Waals surface area contributed by atoms with Crippen LogP contribution in [0.4, 0.5) is 5.69 Å². The zero-order valence-corrected chi connectivity index (χ0v) is 14.1. The summed E-state index contributed by atoms with van der Waals surface area (Å²) in [5.74, 6) is 0.660. The van der Waals surface area contributed by atoms with Crippen LogP contribution in [0.15, 0.2) is 53.6 Å². The summed E-state index contributed by atoms with van der Waals surface area (Å²) < 4.78 is 0. The van der Waals surface area contributed by atoms with E-state index in [0.29, 0.717) is 16.3 Å². The first-order valence-electron chi connectivity index (χ1n) is 6.94. The Labute approximate surface area is 148 Å². The number of nitrogens with one attached hydrogen (secondary N) is 1. The number of carbonyl (C=O) groups excluding carboxylic acids is 1. The summed E-state index contributed by atoms with van der Waals surface area (Å²) in [4.78, 5) is 21.8. The van der Waals surface area contributed by atoms with E-state index in [4.69, 9.17) is 11.6 Å². The third-order valence-electron chi connectivity index (χ3n) is 2.96. The Morgan fingerprint density at radius 3 is 2.62 bits per heavy atom. The fourth-order valence-electron chi connectivity index (χ4n) is 1.76. The smallest absolute Gasteiger partial charge is 0.269 e. The van der Waals surface area contributed by atoms with Crippen molar-refractivity contribution in [3.63, 3.8) is 0 Å². The highest BCUT2D eigenvalue weighted by atomic mass is 35.5. The van der Waals surface area contributed by atoms with Gasteiger partial charge in [0, 0.05) is 22.9 Å². The summed E-state index contributed by atoms with van der Waals surface area (Å²) in [7, 11) is 0. The molecule has 0 heterocycles. The number of halogens is 1. The predicted octanol–water partition coefficient (Wildman–Crippen LogP) is 3.63. The van der Waals surface area contributed by atoms with Crippen molar-refractivity contribution in [2.24, 2.45) is 5.10 Å². The SMILES string of the molecule is O=C(CSCc1ccccc1Cl)N/N=C\c1ccc([N+](=O)[O-])cc1. The van der Waals surface area contributed by atoms with Crippen LogP contribution < -0.4 is 5.43 Å². The molecule has 0 saturated heterocycles. The van der Waals surface area contributed by atoms with Gasteiger partial charge in [0.25, 0.3) is 5.69 Å². The summed E-state index contributed by atoms with van der Waals surface area (Å²) in [6.45, 7) is 0. The van der Waals surface area contributed by atoms with E-state index in [-0.39, 0.29) is 17.3 Å². The van der Waals surface area contributed by atoms with Gasteiger partial charge in [0.1, 0.15) is 0 Å². The maximum Gasteiger partial charge on any atom is 0.269 e. The summed E-state index contributed by atoms with van der Waals surface area (Å²) >= 11 is 7.48. The van der Waals surface area contributed by atoms with Crippen molar-refractivity contribution in [1.29, 1.82) is 0 Å². The number of hydrogen-bond donors (Lipinski definition) is 1. The van der Waals surface area contributed by atoms with E-state index >= 15 is 0 Å². The van der Waals surface area contributed by atoms with E-state index in [0.717, 1.165) is 5.56 Å². The molecular weight excluding hydrogens is 350 g/mol. The first-order chi connectivity index (χ1) is 11.6. The van der Waals surface area contributed by atoms with Gasteiger partial charge in [-0.2, -0.15) is 5.10 Å². The van der Waals surface area contributed by atoms with Crippen LogP contribution in [0, 0.1) is 10.1 Å². The number of nitro benzene ring substituents is 1. The average molecular weight is 364 g/mol. The average Bonchev–Trinajstić information content (AvgIpc) is 2.57. The van der Waals surface area contributed by atoms with Crippen molar-refractivity contribution < 1.29 is 9.72 Å². The Morgan fingerprint density at radius 1 is 1.25 bits per heavy atom. The van der Waals surface area contributed by atoms with Gasteiger partial charge in [-0.3, -0.25) is 14.9 Å². The molecular formula is C16H14ClN3O3S.